The number of nitrogens with one attached hydrogen (secondary N) is 1. The Bertz CT molecular complexity index is 759. The summed E-state index contributed by atoms with van der Waals surface area (Å²) in [4.78, 5) is 28.1. The zero-order chi connectivity index (χ0) is 25.3. The lowest BCUT2D eigenvalue weighted by Crippen LogP contribution is -2.51. The van der Waals surface area contributed by atoms with Crippen molar-refractivity contribution in [2.45, 2.75) is 90.2 Å². The zero-order valence-corrected chi connectivity index (χ0v) is 21.7. The maximum atomic E-state index is 13.2. The van der Waals surface area contributed by atoms with Crippen molar-refractivity contribution < 1.29 is 24.2 Å². The summed E-state index contributed by atoms with van der Waals surface area (Å²) < 4.78 is 11.4. The van der Waals surface area contributed by atoms with Crippen LogP contribution in [-0.4, -0.2) is 66.9 Å². The number of aliphatic hydroxyl groups is 1. The Labute approximate surface area is 205 Å². The summed E-state index contributed by atoms with van der Waals surface area (Å²) >= 11 is 0. The fourth-order valence-corrected chi connectivity index (χ4v) is 4.85. The van der Waals surface area contributed by atoms with Crippen LogP contribution in [-0.2, 0) is 19.1 Å². The van der Waals surface area contributed by atoms with Gasteiger partial charge in [0.2, 0.25) is 11.8 Å². The third-order valence-electron chi connectivity index (χ3n) is 7.26. The lowest BCUT2D eigenvalue weighted by Gasteiger charge is -2.35. The molecule has 1 aromatic rings. The number of benzene rings is 1. The first-order valence-corrected chi connectivity index (χ1v) is 12.6. The molecule has 0 spiro atoms. The SMILES string of the molecule is CC[C@@H](C)C[C@H](CC(=O)N1CCC[C@@H]1[C@@H](OC)[C@H](C)C(=O)N[C@@H](C)[C@H](O)c1ccccc1)OC. The highest BCUT2D eigenvalue weighted by Crippen LogP contribution is 2.28. The molecule has 2 amide bonds. The second kappa shape index (κ2) is 13.8. The Morgan fingerprint density at radius 1 is 1.15 bits per heavy atom. The van der Waals surface area contributed by atoms with Gasteiger partial charge in [-0.05, 0) is 37.7 Å². The van der Waals surface area contributed by atoms with Crippen LogP contribution in [0, 0.1) is 11.8 Å². The summed E-state index contributed by atoms with van der Waals surface area (Å²) in [5, 5.41) is 13.6. The Balaban J connectivity index is 2.02. The molecular formula is C27H44N2O5. The molecule has 1 heterocycles. The molecule has 2 rings (SSSR count). The molecule has 1 fully saturated rings. The average molecular weight is 477 g/mol. The van der Waals surface area contributed by atoms with Gasteiger partial charge in [0.25, 0.3) is 0 Å². The minimum absolute atomic E-state index is 0.0557. The number of hydrogen-bond acceptors (Lipinski definition) is 5. The predicted molar refractivity (Wildman–Crippen MR) is 133 cm³/mol. The van der Waals surface area contributed by atoms with E-state index < -0.39 is 24.2 Å². The first-order chi connectivity index (χ1) is 16.2. The summed E-state index contributed by atoms with van der Waals surface area (Å²) in [7, 11) is 3.26. The van der Waals surface area contributed by atoms with Gasteiger partial charge in [-0.2, -0.15) is 0 Å². The predicted octanol–water partition coefficient (Wildman–Crippen LogP) is 3.71. The van der Waals surface area contributed by atoms with E-state index in [0.29, 0.717) is 18.9 Å². The monoisotopic (exact) mass is 476 g/mol. The van der Waals surface area contributed by atoms with Crippen LogP contribution in [0.25, 0.3) is 0 Å². The van der Waals surface area contributed by atoms with Crippen molar-refractivity contribution in [3.8, 4) is 0 Å². The van der Waals surface area contributed by atoms with Crippen LogP contribution < -0.4 is 5.32 Å². The molecule has 0 saturated carbocycles. The second-order valence-corrected chi connectivity index (χ2v) is 9.75. The van der Waals surface area contributed by atoms with E-state index in [1.807, 2.05) is 42.2 Å². The van der Waals surface area contributed by atoms with Crippen molar-refractivity contribution in [2.75, 3.05) is 20.8 Å². The number of methoxy groups -OCH3 is 2. The number of amides is 2. The summed E-state index contributed by atoms with van der Waals surface area (Å²) in [5.74, 6) is -0.122. The molecule has 1 aliphatic heterocycles. The van der Waals surface area contributed by atoms with E-state index in [1.165, 1.54) is 0 Å². The third-order valence-corrected chi connectivity index (χ3v) is 7.26. The molecule has 7 heteroatoms. The van der Waals surface area contributed by atoms with Crippen molar-refractivity contribution in [3.63, 3.8) is 0 Å². The van der Waals surface area contributed by atoms with E-state index in [-0.39, 0.29) is 24.0 Å². The van der Waals surface area contributed by atoms with Crippen molar-refractivity contribution in [1.82, 2.24) is 10.2 Å². The summed E-state index contributed by atoms with van der Waals surface area (Å²) in [5.41, 5.74) is 0.754. The largest absolute Gasteiger partial charge is 0.386 e. The molecule has 1 aromatic carbocycles. The smallest absolute Gasteiger partial charge is 0.225 e. The first-order valence-electron chi connectivity index (χ1n) is 12.6. The maximum absolute atomic E-state index is 13.2. The average Bonchev–Trinajstić information content (AvgIpc) is 3.33. The number of aliphatic hydroxyl groups excluding tert-OH is 1. The topological polar surface area (TPSA) is 88.1 Å². The summed E-state index contributed by atoms with van der Waals surface area (Å²) in [6, 6.07) is 8.67. The number of nitrogens with zero attached hydrogens (tertiary/aromatic N) is 1. The minimum Gasteiger partial charge on any atom is -0.386 e. The molecule has 7 atom stereocenters. The Kier molecular flexibility index (Phi) is 11.5. The molecule has 1 saturated heterocycles. The highest BCUT2D eigenvalue weighted by molar-refractivity contribution is 5.80. The molecule has 1 aliphatic rings. The lowest BCUT2D eigenvalue weighted by atomic mass is 9.93. The van der Waals surface area contributed by atoms with Gasteiger partial charge in [-0.15, -0.1) is 0 Å². The van der Waals surface area contributed by atoms with Crippen LogP contribution in [0.15, 0.2) is 30.3 Å². The van der Waals surface area contributed by atoms with Crippen LogP contribution in [0.3, 0.4) is 0 Å². The number of carbonyl (C=O) groups excluding carboxylic acids is 2. The normalized spacial score (nSPS) is 21.4. The van der Waals surface area contributed by atoms with Gasteiger partial charge in [0.05, 0.1) is 42.7 Å². The highest BCUT2D eigenvalue weighted by Gasteiger charge is 2.40. The second-order valence-electron chi connectivity index (χ2n) is 9.75. The molecule has 34 heavy (non-hydrogen) atoms. The standard InChI is InChI=1S/C27H44N2O5/c1-7-18(2)16-22(33-5)17-24(30)29-15-11-14-23(29)26(34-6)19(3)27(32)28-20(4)25(31)21-12-9-8-10-13-21/h8-10,12-13,18-20,22-23,25-26,31H,7,11,14-17H2,1-6H3,(H,28,32)/t18-,19+,20+,22-,23-,25+,26+/m1/s1. The molecule has 192 valence electrons. The van der Waals surface area contributed by atoms with Crippen molar-refractivity contribution >= 4 is 11.8 Å². The Morgan fingerprint density at radius 3 is 2.41 bits per heavy atom. The van der Waals surface area contributed by atoms with E-state index in [1.54, 1.807) is 21.1 Å². The zero-order valence-electron chi connectivity index (χ0n) is 21.7. The van der Waals surface area contributed by atoms with Crippen LogP contribution in [0.5, 0.6) is 0 Å². The first kappa shape index (κ1) is 28.3. The Morgan fingerprint density at radius 2 is 1.82 bits per heavy atom. The van der Waals surface area contributed by atoms with Gasteiger partial charge in [0.1, 0.15) is 0 Å². The third kappa shape index (κ3) is 7.52. The van der Waals surface area contributed by atoms with E-state index >= 15 is 0 Å². The number of rotatable bonds is 13. The van der Waals surface area contributed by atoms with Crippen molar-refractivity contribution in [2.24, 2.45) is 11.8 Å². The van der Waals surface area contributed by atoms with Crippen molar-refractivity contribution in [3.05, 3.63) is 35.9 Å². The lowest BCUT2D eigenvalue weighted by molar-refractivity contribution is -0.142. The number of carbonyl (C=O) groups is 2. The quantitative estimate of drug-likeness (QED) is 0.453. The summed E-state index contributed by atoms with van der Waals surface area (Å²) in [6.45, 7) is 8.60. The van der Waals surface area contributed by atoms with Crippen LogP contribution in [0.4, 0.5) is 0 Å². The fourth-order valence-electron chi connectivity index (χ4n) is 4.85. The van der Waals surface area contributed by atoms with E-state index in [2.05, 4.69) is 19.2 Å². The molecule has 0 bridgehead atoms. The van der Waals surface area contributed by atoms with Gasteiger partial charge in [0, 0.05) is 20.8 Å². The molecular weight excluding hydrogens is 432 g/mol. The molecule has 2 N–H and O–H groups in total. The Hall–Kier alpha value is -1.96. The van der Waals surface area contributed by atoms with Crippen LogP contribution in [0.1, 0.15) is 71.5 Å². The summed E-state index contributed by atoms with van der Waals surface area (Å²) in [6.07, 6.45) is 2.59. The number of hydrogen-bond donors (Lipinski definition) is 2. The van der Waals surface area contributed by atoms with Gasteiger partial charge in [0.15, 0.2) is 0 Å². The van der Waals surface area contributed by atoms with Gasteiger partial charge in [-0.25, -0.2) is 0 Å². The highest BCUT2D eigenvalue weighted by atomic mass is 16.5. The maximum Gasteiger partial charge on any atom is 0.225 e. The minimum atomic E-state index is -0.806. The molecule has 0 aliphatic carbocycles. The van der Waals surface area contributed by atoms with Gasteiger partial charge in [-0.1, -0.05) is 57.5 Å². The van der Waals surface area contributed by atoms with Crippen LogP contribution >= 0.6 is 0 Å². The number of ether oxygens (including phenoxy) is 2. The van der Waals surface area contributed by atoms with Crippen LogP contribution in [0.2, 0.25) is 0 Å². The molecule has 7 nitrogen and oxygen atoms in total. The number of likely N-dealkylation sites (tertiary alicyclic amines) is 1. The van der Waals surface area contributed by atoms with Crippen molar-refractivity contribution in [1.29, 1.82) is 0 Å². The fraction of sp³-hybridized carbons (Fsp3) is 0.704. The molecule has 0 radical (unpaired) electrons. The van der Waals surface area contributed by atoms with Gasteiger partial charge < -0.3 is 24.8 Å². The van der Waals surface area contributed by atoms with Gasteiger partial charge >= 0.3 is 0 Å². The molecule has 0 aromatic heterocycles. The molecule has 0 unspecified atom stereocenters. The van der Waals surface area contributed by atoms with E-state index in [0.717, 1.165) is 31.2 Å². The van der Waals surface area contributed by atoms with E-state index in [9.17, 15) is 14.7 Å². The van der Waals surface area contributed by atoms with Gasteiger partial charge in [-0.3, -0.25) is 9.59 Å². The van der Waals surface area contributed by atoms with E-state index in [4.69, 9.17) is 9.47 Å².